The first kappa shape index (κ1) is 39.8. The van der Waals surface area contributed by atoms with Gasteiger partial charge in [0.05, 0.1) is 0 Å². The number of fused-ring (bicyclic) bond motifs is 10. The average molecular weight is 866 g/mol. The maximum Gasteiger partial charge on any atom is 0.0465 e. The van der Waals surface area contributed by atoms with Crippen LogP contribution >= 0.6 is 0 Å². The van der Waals surface area contributed by atoms with Crippen molar-refractivity contribution in [2.75, 3.05) is 4.90 Å². The Kier molecular flexibility index (Phi) is 9.27. The molecule has 0 amide bonds. The molecule has 1 heteroatoms. The Bertz CT molecular complexity index is 3910. The van der Waals surface area contributed by atoms with Gasteiger partial charge >= 0.3 is 0 Å². The van der Waals surface area contributed by atoms with Crippen LogP contribution in [0.3, 0.4) is 0 Å². The summed E-state index contributed by atoms with van der Waals surface area (Å²) in [6.07, 6.45) is 0. The zero-order valence-electron chi connectivity index (χ0n) is 38.1. The maximum absolute atomic E-state index is 2.46. The van der Waals surface area contributed by atoms with E-state index in [1.54, 1.807) is 0 Å². The molecule has 0 heterocycles. The molecule has 320 valence electrons. The highest BCUT2D eigenvalue weighted by atomic mass is 15.1. The van der Waals surface area contributed by atoms with Crippen molar-refractivity contribution < 1.29 is 0 Å². The zero-order chi connectivity index (χ0) is 45.3. The van der Waals surface area contributed by atoms with Crippen LogP contribution in [0.2, 0.25) is 0 Å². The molecule has 1 nitrogen and oxygen atoms in total. The van der Waals surface area contributed by atoms with E-state index in [0.29, 0.717) is 0 Å². The largest absolute Gasteiger partial charge is 0.310 e. The van der Waals surface area contributed by atoms with Crippen LogP contribution < -0.4 is 4.90 Å². The van der Waals surface area contributed by atoms with Crippen molar-refractivity contribution in [1.29, 1.82) is 0 Å². The summed E-state index contributed by atoms with van der Waals surface area (Å²) in [4.78, 5) is 2.42. The lowest BCUT2D eigenvalue weighted by Crippen LogP contribution is -2.16. The second-order valence-corrected chi connectivity index (χ2v) is 18.8. The van der Waals surface area contributed by atoms with Gasteiger partial charge in [0.2, 0.25) is 0 Å². The quantitative estimate of drug-likeness (QED) is 0.144. The summed E-state index contributed by atoms with van der Waals surface area (Å²) in [6, 6.07) is 92.1. The molecule has 0 saturated carbocycles. The minimum Gasteiger partial charge on any atom is -0.310 e. The first-order chi connectivity index (χ1) is 33.5. The molecule has 0 aliphatic heterocycles. The Morgan fingerprint density at radius 3 is 1.37 bits per heavy atom. The molecule has 0 N–H and O–H groups in total. The van der Waals surface area contributed by atoms with Crippen LogP contribution in [0.25, 0.3) is 98.7 Å². The summed E-state index contributed by atoms with van der Waals surface area (Å²) >= 11 is 0. The van der Waals surface area contributed by atoms with Gasteiger partial charge in [-0.3, -0.25) is 0 Å². The van der Waals surface area contributed by atoms with Crippen LogP contribution in [0.15, 0.2) is 249 Å². The first-order valence-electron chi connectivity index (χ1n) is 23.7. The van der Waals surface area contributed by atoms with Crippen molar-refractivity contribution in [3.63, 3.8) is 0 Å². The van der Waals surface area contributed by atoms with Gasteiger partial charge in [-0.2, -0.15) is 0 Å². The predicted molar refractivity (Wildman–Crippen MR) is 290 cm³/mol. The smallest absolute Gasteiger partial charge is 0.0465 e. The van der Waals surface area contributed by atoms with E-state index in [1.807, 2.05) is 0 Å². The molecule has 0 saturated heterocycles. The molecule has 1 aliphatic rings. The number of hydrogen-bond donors (Lipinski definition) is 0. The standard InChI is InChI=1S/C67H47N/c1-67(2)65-29-13-12-27-59(65)60-39-38-52(41-66(60)67)68(50-34-30-45(31-35-50)44-16-4-3-5-17-44)51-36-32-47(33-37-51)61-42-63-57-25-10-8-23-55(57)56-24-9-11-26-58(56)64(63)43-62(61)49-21-14-20-48(40-49)54-28-15-19-46-18-6-7-22-53(46)54/h3-43H,1-2H3. The Labute approximate surface area is 397 Å². The number of anilines is 3. The molecule has 1 aliphatic carbocycles. The van der Waals surface area contributed by atoms with E-state index in [1.165, 1.54) is 110 Å². The van der Waals surface area contributed by atoms with Crippen LogP contribution in [-0.4, -0.2) is 0 Å². The summed E-state index contributed by atoms with van der Waals surface area (Å²) in [6.45, 7) is 4.72. The van der Waals surface area contributed by atoms with Gasteiger partial charge < -0.3 is 4.90 Å². The van der Waals surface area contributed by atoms with Crippen molar-refractivity contribution in [3.05, 3.63) is 260 Å². The molecule has 0 aromatic heterocycles. The predicted octanol–water partition coefficient (Wildman–Crippen LogP) is 18.7. The van der Waals surface area contributed by atoms with Crippen molar-refractivity contribution in [2.45, 2.75) is 19.3 Å². The van der Waals surface area contributed by atoms with E-state index >= 15 is 0 Å². The van der Waals surface area contributed by atoms with E-state index in [4.69, 9.17) is 0 Å². The number of rotatable bonds is 7. The summed E-state index contributed by atoms with van der Waals surface area (Å²) in [5.41, 5.74) is 18.2. The Morgan fingerprint density at radius 1 is 0.250 bits per heavy atom. The summed E-state index contributed by atoms with van der Waals surface area (Å²) in [5.74, 6) is 0. The fraction of sp³-hybridized carbons (Fsp3) is 0.0448. The minimum absolute atomic E-state index is 0.123. The summed E-state index contributed by atoms with van der Waals surface area (Å²) < 4.78 is 0. The molecule has 0 fully saturated rings. The SMILES string of the molecule is CC1(C)c2ccccc2-c2ccc(N(c3ccc(-c4ccccc4)cc3)c3ccc(-c4cc5c6ccccc6c6ccccc6c5cc4-c4cccc(-c5cccc6ccccc56)c4)cc3)cc21. The molecule has 0 radical (unpaired) electrons. The molecule has 13 rings (SSSR count). The molecule has 68 heavy (non-hydrogen) atoms. The Balaban J connectivity index is 0.993. The van der Waals surface area contributed by atoms with Crippen LogP contribution in [0.1, 0.15) is 25.0 Å². The van der Waals surface area contributed by atoms with Gasteiger partial charge in [0.15, 0.2) is 0 Å². The van der Waals surface area contributed by atoms with Gasteiger partial charge in [-0.25, -0.2) is 0 Å². The zero-order valence-corrected chi connectivity index (χ0v) is 38.1. The Hall–Kier alpha value is -8.52. The molecular formula is C67H47N. The number of hydrogen-bond acceptors (Lipinski definition) is 1. The van der Waals surface area contributed by atoms with Gasteiger partial charge in [0.25, 0.3) is 0 Å². The van der Waals surface area contributed by atoms with Gasteiger partial charge in [0, 0.05) is 22.5 Å². The molecule has 0 spiro atoms. The highest BCUT2D eigenvalue weighted by Gasteiger charge is 2.35. The van der Waals surface area contributed by atoms with Crippen LogP contribution in [0.4, 0.5) is 17.1 Å². The van der Waals surface area contributed by atoms with E-state index in [9.17, 15) is 0 Å². The number of benzene rings is 12. The maximum atomic E-state index is 2.46. The first-order valence-corrected chi connectivity index (χ1v) is 23.7. The van der Waals surface area contributed by atoms with Gasteiger partial charge in [0.1, 0.15) is 0 Å². The lowest BCUT2D eigenvalue weighted by atomic mass is 9.82. The van der Waals surface area contributed by atoms with Crippen molar-refractivity contribution >= 4 is 60.2 Å². The van der Waals surface area contributed by atoms with E-state index in [0.717, 1.165) is 17.1 Å². The molecular weight excluding hydrogens is 819 g/mol. The minimum atomic E-state index is -0.123. The average Bonchev–Trinajstić information content (AvgIpc) is 3.64. The second-order valence-electron chi connectivity index (χ2n) is 18.8. The second kappa shape index (κ2) is 15.8. The van der Waals surface area contributed by atoms with Crippen molar-refractivity contribution in [2.24, 2.45) is 0 Å². The Morgan fingerprint density at radius 2 is 0.691 bits per heavy atom. The lowest BCUT2D eigenvalue weighted by Gasteiger charge is -2.28. The van der Waals surface area contributed by atoms with Crippen LogP contribution in [-0.2, 0) is 5.41 Å². The molecule has 0 unspecified atom stereocenters. The third kappa shape index (κ3) is 6.46. The monoisotopic (exact) mass is 865 g/mol. The van der Waals surface area contributed by atoms with E-state index in [-0.39, 0.29) is 5.41 Å². The highest BCUT2D eigenvalue weighted by Crippen LogP contribution is 2.51. The van der Waals surface area contributed by atoms with Crippen molar-refractivity contribution in [3.8, 4) is 55.6 Å². The van der Waals surface area contributed by atoms with Crippen LogP contribution in [0, 0.1) is 0 Å². The van der Waals surface area contributed by atoms with E-state index in [2.05, 4.69) is 267 Å². The third-order valence-electron chi connectivity index (χ3n) is 14.7. The van der Waals surface area contributed by atoms with Crippen molar-refractivity contribution in [1.82, 2.24) is 0 Å². The fourth-order valence-corrected chi connectivity index (χ4v) is 11.3. The lowest BCUT2D eigenvalue weighted by molar-refractivity contribution is 0.660. The van der Waals surface area contributed by atoms with Gasteiger partial charge in [-0.15, -0.1) is 0 Å². The fourth-order valence-electron chi connectivity index (χ4n) is 11.3. The van der Waals surface area contributed by atoms with E-state index < -0.39 is 0 Å². The molecule has 0 bridgehead atoms. The van der Waals surface area contributed by atoms with Gasteiger partial charge in [-0.05, 0) is 164 Å². The highest BCUT2D eigenvalue weighted by molar-refractivity contribution is 6.26. The van der Waals surface area contributed by atoms with Gasteiger partial charge in [-0.1, -0.05) is 208 Å². The molecule has 12 aromatic rings. The topological polar surface area (TPSA) is 3.24 Å². The molecule has 12 aromatic carbocycles. The number of nitrogens with zero attached hydrogens (tertiary/aromatic N) is 1. The summed E-state index contributed by atoms with van der Waals surface area (Å²) in [7, 11) is 0. The normalized spacial score (nSPS) is 12.7. The van der Waals surface area contributed by atoms with Crippen LogP contribution in [0.5, 0.6) is 0 Å². The summed E-state index contributed by atoms with van der Waals surface area (Å²) in [5, 5.41) is 10.1. The third-order valence-corrected chi connectivity index (χ3v) is 14.7. The molecule has 0 atom stereocenters.